The average Bonchev–Trinajstić information content (AvgIpc) is 2.00. The quantitative estimate of drug-likeness (QED) is 0.640. The summed E-state index contributed by atoms with van der Waals surface area (Å²) < 4.78 is 0. The molecule has 0 fully saturated rings. The molecule has 15 heavy (non-hydrogen) atoms. The smallest absolute Gasteiger partial charge is 0.0126 e. The van der Waals surface area contributed by atoms with E-state index in [-0.39, 0.29) is 0 Å². The third-order valence-corrected chi connectivity index (χ3v) is 3.06. The monoisotopic (exact) mass is 213 g/mol. The summed E-state index contributed by atoms with van der Waals surface area (Å²) in [6.45, 7) is 18.6. The molecular formula is C14H31N. The van der Waals surface area contributed by atoms with Crippen LogP contribution in [0.4, 0.5) is 0 Å². The zero-order chi connectivity index (χ0) is 12.2. The summed E-state index contributed by atoms with van der Waals surface area (Å²) in [7, 11) is 0. The van der Waals surface area contributed by atoms with Crippen LogP contribution in [0.2, 0.25) is 0 Å². The van der Waals surface area contributed by atoms with Crippen LogP contribution in [0.5, 0.6) is 0 Å². The number of hydrogen-bond acceptors (Lipinski definition) is 1. The molecule has 1 heteroatoms. The molecule has 0 spiro atoms. The molecule has 1 unspecified atom stereocenters. The molecule has 1 atom stereocenters. The van der Waals surface area contributed by atoms with Crippen molar-refractivity contribution >= 4 is 0 Å². The molecule has 0 N–H and O–H groups in total. The van der Waals surface area contributed by atoms with Crippen molar-refractivity contribution in [3.05, 3.63) is 0 Å². The van der Waals surface area contributed by atoms with E-state index >= 15 is 0 Å². The van der Waals surface area contributed by atoms with Crippen LogP contribution in [-0.2, 0) is 0 Å². The Labute approximate surface area is 97.2 Å². The first-order valence-corrected chi connectivity index (χ1v) is 6.54. The molecule has 0 amide bonds. The van der Waals surface area contributed by atoms with Gasteiger partial charge in [0.25, 0.3) is 0 Å². The van der Waals surface area contributed by atoms with Crippen molar-refractivity contribution < 1.29 is 0 Å². The lowest BCUT2D eigenvalue weighted by atomic mass is 9.91. The lowest BCUT2D eigenvalue weighted by molar-refractivity contribution is 0.0687. The molecule has 0 aromatic rings. The van der Waals surface area contributed by atoms with Crippen LogP contribution in [0, 0.1) is 11.8 Å². The second-order valence-corrected chi connectivity index (χ2v) is 6.08. The van der Waals surface area contributed by atoms with Crippen LogP contribution in [0.1, 0.15) is 61.8 Å². The highest BCUT2D eigenvalue weighted by Gasteiger charge is 2.26. The van der Waals surface area contributed by atoms with Gasteiger partial charge < -0.3 is 0 Å². The standard InChI is InChI=1S/C14H31N/c1-10(2)9-14(11(3)4)15(12(5)6)13(7)8/h10-14H,9H2,1-8H3. The maximum Gasteiger partial charge on any atom is 0.0126 e. The van der Waals surface area contributed by atoms with Crippen LogP contribution in [0.3, 0.4) is 0 Å². The molecule has 0 aliphatic carbocycles. The van der Waals surface area contributed by atoms with E-state index in [4.69, 9.17) is 0 Å². The van der Waals surface area contributed by atoms with Gasteiger partial charge in [-0.05, 0) is 46.0 Å². The van der Waals surface area contributed by atoms with Gasteiger partial charge in [-0.25, -0.2) is 0 Å². The van der Waals surface area contributed by atoms with Crippen molar-refractivity contribution in [2.45, 2.75) is 79.9 Å². The maximum absolute atomic E-state index is 2.67. The Morgan fingerprint density at radius 3 is 1.33 bits per heavy atom. The summed E-state index contributed by atoms with van der Waals surface area (Å²) in [6.07, 6.45) is 1.31. The van der Waals surface area contributed by atoms with Gasteiger partial charge in [0.1, 0.15) is 0 Å². The van der Waals surface area contributed by atoms with Crippen LogP contribution in [0.25, 0.3) is 0 Å². The minimum atomic E-state index is 0.649. The molecular weight excluding hydrogens is 182 g/mol. The first-order valence-electron chi connectivity index (χ1n) is 6.54. The molecule has 0 saturated carbocycles. The van der Waals surface area contributed by atoms with Gasteiger partial charge in [0.15, 0.2) is 0 Å². The van der Waals surface area contributed by atoms with Gasteiger partial charge in [-0.15, -0.1) is 0 Å². The largest absolute Gasteiger partial charge is 0.295 e. The molecule has 0 heterocycles. The first-order chi connectivity index (χ1) is 6.77. The van der Waals surface area contributed by atoms with E-state index in [2.05, 4.69) is 60.3 Å². The summed E-state index contributed by atoms with van der Waals surface area (Å²) in [4.78, 5) is 2.67. The Kier molecular flexibility index (Phi) is 6.51. The lowest BCUT2D eigenvalue weighted by Gasteiger charge is -2.41. The zero-order valence-electron chi connectivity index (χ0n) is 12.0. The van der Waals surface area contributed by atoms with E-state index < -0.39 is 0 Å². The van der Waals surface area contributed by atoms with Crippen LogP contribution in [-0.4, -0.2) is 23.0 Å². The van der Waals surface area contributed by atoms with E-state index in [9.17, 15) is 0 Å². The normalized spacial score (nSPS) is 15.0. The molecule has 0 saturated heterocycles. The number of nitrogens with zero attached hydrogens (tertiary/aromatic N) is 1. The van der Waals surface area contributed by atoms with E-state index in [1.807, 2.05) is 0 Å². The predicted octanol–water partition coefficient (Wildman–Crippen LogP) is 4.18. The Balaban J connectivity index is 4.68. The van der Waals surface area contributed by atoms with Gasteiger partial charge in [-0.2, -0.15) is 0 Å². The van der Waals surface area contributed by atoms with Gasteiger partial charge in [0.05, 0.1) is 0 Å². The van der Waals surface area contributed by atoms with Crippen molar-refractivity contribution in [2.24, 2.45) is 11.8 Å². The lowest BCUT2D eigenvalue weighted by Crippen LogP contribution is -2.48. The van der Waals surface area contributed by atoms with Gasteiger partial charge in [0, 0.05) is 18.1 Å². The summed E-state index contributed by atoms with van der Waals surface area (Å²) in [5.74, 6) is 1.54. The fourth-order valence-electron chi connectivity index (χ4n) is 2.58. The summed E-state index contributed by atoms with van der Waals surface area (Å²) in [6, 6.07) is 2.03. The summed E-state index contributed by atoms with van der Waals surface area (Å²) >= 11 is 0. The fraction of sp³-hybridized carbons (Fsp3) is 1.00. The van der Waals surface area contributed by atoms with Crippen molar-refractivity contribution in [3.8, 4) is 0 Å². The Morgan fingerprint density at radius 1 is 0.733 bits per heavy atom. The maximum atomic E-state index is 2.67. The topological polar surface area (TPSA) is 3.24 Å². The minimum absolute atomic E-state index is 0.649. The molecule has 0 aromatic carbocycles. The third kappa shape index (κ3) is 5.01. The highest BCUT2D eigenvalue weighted by atomic mass is 15.2. The van der Waals surface area contributed by atoms with Crippen LogP contribution < -0.4 is 0 Å². The van der Waals surface area contributed by atoms with Gasteiger partial charge in [-0.1, -0.05) is 27.7 Å². The molecule has 92 valence electrons. The zero-order valence-corrected chi connectivity index (χ0v) is 12.0. The Morgan fingerprint density at radius 2 is 1.13 bits per heavy atom. The molecule has 0 aliphatic rings. The molecule has 0 aromatic heterocycles. The van der Waals surface area contributed by atoms with E-state index in [1.165, 1.54) is 6.42 Å². The van der Waals surface area contributed by atoms with E-state index in [0.717, 1.165) is 17.9 Å². The Bertz CT molecular complexity index is 151. The van der Waals surface area contributed by atoms with Crippen LogP contribution >= 0.6 is 0 Å². The second kappa shape index (κ2) is 6.52. The molecule has 1 nitrogen and oxygen atoms in total. The van der Waals surface area contributed by atoms with E-state index in [0.29, 0.717) is 12.1 Å². The second-order valence-electron chi connectivity index (χ2n) is 6.08. The van der Waals surface area contributed by atoms with Crippen molar-refractivity contribution in [1.29, 1.82) is 0 Å². The highest BCUT2D eigenvalue weighted by Crippen LogP contribution is 2.23. The van der Waals surface area contributed by atoms with E-state index in [1.54, 1.807) is 0 Å². The van der Waals surface area contributed by atoms with Gasteiger partial charge >= 0.3 is 0 Å². The van der Waals surface area contributed by atoms with Crippen molar-refractivity contribution in [3.63, 3.8) is 0 Å². The van der Waals surface area contributed by atoms with Crippen molar-refractivity contribution in [2.75, 3.05) is 0 Å². The first kappa shape index (κ1) is 15.0. The van der Waals surface area contributed by atoms with Crippen molar-refractivity contribution in [1.82, 2.24) is 4.90 Å². The third-order valence-electron chi connectivity index (χ3n) is 3.06. The number of rotatable bonds is 6. The molecule has 0 bridgehead atoms. The fourth-order valence-corrected chi connectivity index (χ4v) is 2.58. The number of hydrogen-bond donors (Lipinski definition) is 0. The average molecular weight is 213 g/mol. The predicted molar refractivity (Wildman–Crippen MR) is 70.2 cm³/mol. The summed E-state index contributed by atoms with van der Waals surface area (Å²) in [5.41, 5.74) is 0. The highest BCUT2D eigenvalue weighted by molar-refractivity contribution is 4.81. The molecule has 0 aliphatic heterocycles. The molecule has 0 rings (SSSR count). The van der Waals surface area contributed by atoms with Crippen LogP contribution in [0.15, 0.2) is 0 Å². The van der Waals surface area contributed by atoms with Gasteiger partial charge in [0.2, 0.25) is 0 Å². The SMILES string of the molecule is CC(C)CC(C(C)C)N(C(C)C)C(C)C. The molecule has 0 radical (unpaired) electrons. The Hall–Kier alpha value is -0.0400. The van der Waals surface area contributed by atoms with Gasteiger partial charge in [-0.3, -0.25) is 4.90 Å². The summed E-state index contributed by atoms with van der Waals surface area (Å²) in [5, 5.41) is 0. The minimum Gasteiger partial charge on any atom is -0.295 e.